The molecule has 0 aromatic heterocycles. The summed E-state index contributed by atoms with van der Waals surface area (Å²) >= 11 is 1.67. The van der Waals surface area contributed by atoms with E-state index in [4.69, 9.17) is 0 Å². The standard InChI is InChI=1S/C16H19N3O4S/c1-2-18-14(21)15(22)19(16(18)23)10-13(20)17-8-9-24-11-12-6-4-3-5-7-12/h3-7H,2,8-11H2,1H3,(H,17,20). The Labute approximate surface area is 144 Å². The minimum atomic E-state index is -0.949. The lowest BCUT2D eigenvalue weighted by atomic mass is 10.2. The van der Waals surface area contributed by atoms with Gasteiger partial charge in [0.1, 0.15) is 6.54 Å². The lowest BCUT2D eigenvalue weighted by molar-refractivity contribution is -0.143. The highest BCUT2D eigenvalue weighted by Gasteiger charge is 2.44. The summed E-state index contributed by atoms with van der Waals surface area (Å²) in [7, 11) is 0. The van der Waals surface area contributed by atoms with Crippen LogP contribution in [0.4, 0.5) is 4.79 Å². The van der Waals surface area contributed by atoms with E-state index < -0.39 is 30.3 Å². The fourth-order valence-electron chi connectivity index (χ4n) is 2.20. The van der Waals surface area contributed by atoms with Gasteiger partial charge in [0.15, 0.2) is 0 Å². The van der Waals surface area contributed by atoms with Crippen molar-refractivity contribution in [3.63, 3.8) is 0 Å². The number of likely N-dealkylation sites (N-methyl/N-ethyl adjacent to an activating group) is 1. The molecule has 2 rings (SSSR count). The van der Waals surface area contributed by atoms with Crippen molar-refractivity contribution in [1.29, 1.82) is 0 Å². The number of carbonyl (C=O) groups excluding carboxylic acids is 4. The highest BCUT2D eigenvalue weighted by atomic mass is 32.2. The first-order valence-electron chi connectivity index (χ1n) is 7.60. The molecule has 1 aliphatic rings. The van der Waals surface area contributed by atoms with Gasteiger partial charge in [-0.25, -0.2) is 9.69 Å². The molecule has 128 valence electrons. The quantitative estimate of drug-likeness (QED) is 0.427. The van der Waals surface area contributed by atoms with Gasteiger partial charge in [-0.15, -0.1) is 0 Å². The van der Waals surface area contributed by atoms with Gasteiger partial charge in [-0.2, -0.15) is 11.8 Å². The monoisotopic (exact) mass is 349 g/mol. The van der Waals surface area contributed by atoms with Crippen LogP contribution in [0, 0.1) is 0 Å². The molecule has 0 radical (unpaired) electrons. The number of amides is 5. The Hall–Kier alpha value is -2.35. The third kappa shape index (κ3) is 4.35. The molecule has 7 nitrogen and oxygen atoms in total. The van der Waals surface area contributed by atoms with Gasteiger partial charge in [0.05, 0.1) is 0 Å². The molecule has 0 bridgehead atoms. The Morgan fingerprint density at radius 1 is 1.08 bits per heavy atom. The molecule has 8 heteroatoms. The zero-order valence-electron chi connectivity index (χ0n) is 13.4. The van der Waals surface area contributed by atoms with Crippen molar-refractivity contribution in [1.82, 2.24) is 15.1 Å². The maximum absolute atomic E-state index is 11.9. The van der Waals surface area contributed by atoms with Crippen LogP contribution in [0.2, 0.25) is 0 Å². The highest BCUT2D eigenvalue weighted by Crippen LogP contribution is 2.12. The molecule has 24 heavy (non-hydrogen) atoms. The maximum atomic E-state index is 11.9. The Bertz CT molecular complexity index is 635. The predicted molar refractivity (Wildman–Crippen MR) is 90.1 cm³/mol. The van der Waals surface area contributed by atoms with Crippen LogP contribution in [0.3, 0.4) is 0 Å². The summed E-state index contributed by atoms with van der Waals surface area (Å²) in [4.78, 5) is 48.4. The number of carbonyl (C=O) groups is 4. The largest absolute Gasteiger partial charge is 0.354 e. The predicted octanol–water partition coefficient (Wildman–Crippen LogP) is 0.847. The molecule has 0 aliphatic carbocycles. The first-order valence-corrected chi connectivity index (χ1v) is 8.75. The van der Waals surface area contributed by atoms with Gasteiger partial charge in [0.2, 0.25) is 5.91 Å². The summed E-state index contributed by atoms with van der Waals surface area (Å²) in [5.41, 5.74) is 1.21. The Morgan fingerprint density at radius 3 is 2.38 bits per heavy atom. The van der Waals surface area contributed by atoms with Crippen LogP contribution in [-0.2, 0) is 20.1 Å². The summed E-state index contributed by atoms with van der Waals surface area (Å²) < 4.78 is 0. The van der Waals surface area contributed by atoms with E-state index in [0.29, 0.717) is 17.2 Å². The lowest BCUT2D eigenvalue weighted by Gasteiger charge is -2.13. The van der Waals surface area contributed by atoms with E-state index in [1.165, 1.54) is 5.56 Å². The molecular weight excluding hydrogens is 330 g/mol. The van der Waals surface area contributed by atoms with Gasteiger partial charge in [0.25, 0.3) is 0 Å². The molecule has 0 saturated carbocycles. The number of thioether (sulfide) groups is 1. The summed E-state index contributed by atoms with van der Waals surface area (Å²) in [6.07, 6.45) is 0. The lowest BCUT2D eigenvalue weighted by Crippen LogP contribution is -2.42. The molecule has 1 fully saturated rings. The molecule has 0 unspecified atom stereocenters. The summed E-state index contributed by atoms with van der Waals surface area (Å²) in [6, 6.07) is 9.24. The van der Waals surface area contributed by atoms with E-state index >= 15 is 0 Å². The summed E-state index contributed by atoms with van der Waals surface area (Å²) in [6.45, 7) is 1.70. The van der Waals surface area contributed by atoms with Gasteiger partial charge in [-0.05, 0) is 12.5 Å². The highest BCUT2D eigenvalue weighted by molar-refractivity contribution is 7.98. The number of nitrogens with one attached hydrogen (secondary N) is 1. The fraction of sp³-hybridized carbons (Fsp3) is 0.375. The zero-order chi connectivity index (χ0) is 17.5. The van der Waals surface area contributed by atoms with Crippen LogP contribution < -0.4 is 5.32 Å². The molecule has 1 N–H and O–H groups in total. The van der Waals surface area contributed by atoms with Crippen molar-refractivity contribution in [3.8, 4) is 0 Å². The van der Waals surface area contributed by atoms with Crippen molar-refractivity contribution < 1.29 is 19.2 Å². The molecule has 1 aliphatic heterocycles. The van der Waals surface area contributed by atoms with E-state index in [9.17, 15) is 19.2 Å². The van der Waals surface area contributed by atoms with Crippen molar-refractivity contribution in [2.24, 2.45) is 0 Å². The maximum Gasteiger partial charge on any atom is 0.334 e. The van der Waals surface area contributed by atoms with Crippen molar-refractivity contribution in [3.05, 3.63) is 35.9 Å². The Morgan fingerprint density at radius 2 is 1.75 bits per heavy atom. The van der Waals surface area contributed by atoms with Crippen LogP contribution >= 0.6 is 11.8 Å². The molecule has 0 spiro atoms. The second-order valence-corrected chi connectivity index (χ2v) is 6.22. The van der Waals surface area contributed by atoms with Crippen molar-refractivity contribution in [2.45, 2.75) is 12.7 Å². The van der Waals surface area contributed by atoms with Gasteiger partial charge in [-0.1, -0.05) is 30.3 Å². The number of imide groups is 2. The second kappa shape index (κ2) is 8.49. The van der Waals surface area contributed by atoms with Gasteiger partial charge >= 0.3 is 17.8 Å². The third-order valence-corrected chi connectivity index (χ3v) is 4.46. The zero-order valence-corrected chi connectivity index (χ0v) is 14.2. The number of hydrogen-bond acceptors (Lipinski definition) is 5. The molecule has 1 saturated heterocycles. The van der Waals surface area contributed by atoms with Gasteiger partial charge in [-0.3, -0.25) is 19.3 Å². The van der Waals surface area contributed by atoms with Crippen LogP contribution in [0.15, 0.2) is 30.3 Å². The minimum absolute atomic E-state index is 0.109. The smallest absolute Gasteiger partial charge is 0.334 e. The summed E-state index contributed by atoms with van der Waals surface area (Å²) in [5, 5.41) is 2.65. The van der Waals surface area contributed by atoms with E-state index in [-0.39, 0.29) is 6.54 Å². The number of hydrogen-bond donors (Lipinski definition) is 1. The molecule has 5 amide bonds. The molecule has 1 heterocycles. The molecular formula is C16H19N3O4S. The van der Waals surface area contributed by atoms with Crippen LogP contribution in [-0.4, -0.2) is 58.9 Å². The minimum Gasteiger partial charge on any atom is -0.354 e. The molecule has 1 aromatic rings. The number of nitrogens with zero attached hydrogens (tertiary/aromatic N) is 2. The molecule has 0 atom stereocenters. The number of benzene rings is 1. The Kier molecular flexibility index (Phi) is 6.36. The van der Waals surface area contributed by atoms with Crippen molar-refractivity contribution in [2.75, 3.05) is 25.4 Å². The van der Waals surface area contributed by atoms with Crippen LogP contribution in [0.5, 0.6) is 0 Å². The van der Waals surface area contributed by atoms with E-state index in [1.54, 1.807) is 18.7 Å². The van der Waals surface area contributed by atoms with E-state index in [2.05, 4.69) is 5.32 Å². The SMILES string of the molecule is CCN1C(=O)C(=O)N(CC(=O)NCCSCc2ccccc2)C1=O. The average molecular weight is 349 g/mol. The van der Waals surface area contributed by atoms with E-state index in [1.807, 2.05) is 30.3 Å². The summed E-state index contributed by atoms with van der Waals surface area (Å²) in [5.74, 6) is -0.727. The van der Waals surface area contributed by atoms with Crippen LogP contribution in [0.1, 0.15) is 12.5 Å². The fourth-order valence-corrected chi connectivity index (χ4v) is 3.01. The topological polar surface area (TPSA) is 86.8 Å². The number of urea groups is 1. The van der Waals surface area contributed by atoms with Gasteiger partial charge < -0.3 is 5.32 Å². The van der Waals surface area contributed by atoms with Gasteiger partial charge in [0, 0.05) is 24.6 Å². The van der Waals surface area contributed by atoms with Crippen molar-refractivity contribution >= 4 is 35.5 Å². The van der Waals surface area contributed by atoms with Crippen LogP contribution in [0.25, 0.3) is 0 Å². The second-order valence-electron chi connectivity index (χ2n) is 5.11. The average Bonchev–Trinajstić information content (AvgIpc) is 2.78. The number of rotatable bonds is 8. The molecule has 1 aromatic carbocycles. The van der Waals surface area contributed by atoms with E-state index in [0.717, 1.165) is 10.7 Å². The normalized spacial score (nSPS) is 14.5. The first-order chi connectivity index (χ1) is 11.5. The first kappa shape index (κ1) is 18.0. The third-order valence-electron chi connectivity index (χ3n) is 3.43. The Balaban J connectivity index is 1.69.